The number of hydrogen-bond acceptors (Lipinski definition) is 4. The summed E-state index contributed by atoms with van der Waals surface area (Å²) in [5.74, 6) is 2.66. The van der Waals surface area contributed by atoms with Crippen LogP contribution in [0.2, 0.25) is 0 Å². The number of nitrogens with zero attached hydrogens (tertiary/aromatic N) is 3. The summed E-state index contributed by atoms with van der Waals surface area (Å²) in [5.41, 5.74) is 0.108. The highest BCUT2D eigenvalue weighted by Crippen LogP contribution is 2.21. The van der Waals surface area contributed by atoms with Crippen molar-refractivity contribution in [3.63, 3.8) is 0 Å². The highest BCUT2D eigenvalue weighted by Gasteiger charge is 2.24. The Morgan fingerprint density at radius 3 is 2.86 bits per heavy atom. The van der Waals surface area contributed by atoms with Crippen molar-refractivity contribution in [2.75, 3.05) is 13.1 Å². The number of fused-ring (bicyclic) bond motifs is 1. The topological polar surface area (TPSA) is 63.0 Å². The van der Waals surface area contributed by atoms with E-state index in [2.05, 4.69) is 20.1 Å². The van der Waals surface area contributed by atoms with Crippen LogP contribution in [0.5, 0.6) is 0 Å². The lowest BCUT2D eigenvalue weighted by molar-refractivity contribution is 0.0555. The van der Waals surface area contributed by atoms with Gasteiger partial charge in [0.15, 0.2) is 0 Å². The van der Waals surface area contributed by atoms with Gasteiger partial charge in [0.2, 0.25) is 0 Å². The first-order valence-corrected chi connectivity index (χ1v) is 7.93. The van der Waals surface area contributed by atoms with Crippen molar-refractivity contribution < 1.29 is 5.11 Å². The molecule has 3 rings (SSSR count). The highest BCUT2D eigenvalue weighted by molar-refractivity contribution is 5.21. The van der Waals surface area contributed by atoms with E-state index in [1.807, 2.05) is 44.2 Å². The normalized spacial score (nSPS) is 20.4. The van der Waals surface area contributed by atoms with E-state index in [4.69, 9.17) is 0 Å². The lowest BCUT2D eigenvalue weighted by Crippen LogP contribution is -2.39. The number of aryl methyl sites for hydroxylation is 2. The van der Waals surface area contributed by atoms with E-state index in [9.17, 15) is 5.11 Å². The molecule has 22 heavy (non-hydrogen) atoms. The zero-order chi connectivity index (χ0) is 15.6. The summed E-state index contributed by atoms with van der Waals surface area (Å²) >= 11 is 0. The molecule has 1 aliphatic heterocycles. The van der Waals surface area contributed by atoms with Gasteiger partial charge in [-0.1, -0.05) is 30.3 Å². The summed E-state index contributed by atoms with van der Waals surface area (Å²) in [7, 11) is 0. The largest absolute Gasteiger partial charge is 0.384 e. The Balaban J connectivity index is 1.53. The van der Waals surface area contributed by atoms with Gasteiger partial charge in [0.05, 0.1) is 5.60 Å². The summed E-state index contributed by atoms with van der Waals surface area (Å²) in [5, 5.41) is 22.4. The predicted octanol–water partition coefficient (Wildman–Crippen LogP) is 1.65. The van der Waals surface area contributed by atoms with Gasteiger partial charge in [-0.05, 0) is 38.3 Å². The van der Waals surface area contributed by atoms with Crippen molar-refractivity contribution in [1.82, 2.24) is 20.1 Å². The van der Waals surface area contributed by atoms with Crippen molar-refractivity contribution in [2.45, 2.75) is 38.8 Å². The van der Waals surface area contributed by atoms with E-state index >= 15 is 0 Å². The SMILES string of the molecule is Cc1nnc2n1C[C@H](CNC[C@@](C)(O)c1ccccc1)CC2. The minimum Gasteiger partial charge on any atom is -0.384 e. The molecule has 0 fully saturated rings. The first-order chi connectivity index (χ1) is 10.6. The summed E-state index contributed by atoms with van der Waals surface area (Å²) in [6.45, 7) is 6.29. The van der Waals surface area contributed by atoms with Crippen LogP contribution in [0.3, 0.4) is 0 Å². The molecule has 5 nitrogen and oxygen atoms in total. The van der Waals surface area contributed by atoms with Crippen LogP contribution in [0, 0.1) is 12.8 Å². The molecular weight excluding hydrogens is 276 g/mol. The zero-order valence-corrected chi connectivity index (χ0v) is 13.3. The smallest absolute Gasteiger partial charge is 0.133 e. The monoisotopic (exact) mass is 300 g/mol. The summed E-state index contributed by atoms with van der Waals surface area (Å²) in [6.07, 6.45) is 2.11. The van der Waals surface area contributed by atoms with Crippen molar-refractivity contribution in [3.05, 3.63) is 47.5 Å². The van der Waals surface area contributed by atoms with Gasteiger partial charge in [-0.15, -0.1) is 10.2 Å². The molecule has 2 atom stereocenters. The molecule has 0 unspecified atom stereocenters. The van der Waals surface area contributed by atoms with E-state index in [1.54, 1.807) is 0 Å². The van der Waals surface area contributed by atoms with Gasteiger partial charge in [0, 0.05) is 19.5 Å². The number of aromatic nitrogens is 3. The molecule has 2 aromatic rings. The van der Waals surface area contributed by atoms with Crippen molar-refractivity contribution >= 4 is 0 Å². The average molecular weight is 300 g/mol. The number of benzene rings is 1. The van der Waals surface area contributed by atoms with Gasteiger partial charge in [0.25, 0.3) is 0 Å². The zero-order valence-electron chi connectivity index (χ0n) is 13.3. The Hall–Kier alpha value is -1.72. The molecule has 2 heterocycles. The molecule has 0 bridgehead atoms. The molecular formula is C17H24N4O. The van der Waals surface area contributed by atoms with Gasteiger partial charge >= 0.3 is 0 Å². The Kier molecular flexibility index (Phi) is 4.27. The first-order valence-electron chi connectivity index (χ1n) is 7.93. The fourth-order valence-corrected chi connectivity index (χ4v) is 3.12. The maximum atomic E-state index is 10.6. The number of rotatable bonds is 5. The van der Waals surface area contributed by atoms with Gasteiger partial charge < -0.3 is 15.0 Å². The lowest BCUT2D eigenvalue weighted by Gasteiger charge is -2.28. The van der Waals surface area contributed by atoms with E-state index in [0.29, 0.717) is 12.5 Å². The molecule has 0 aliphatic carbocycles. The second kappa shape index (κ2) is 6.18. The summed E-state index contributed by atoms with van der Waals surface area (Å²) in [4.78, 5) is 0. The van der Waals surface area contributed by atoms with Gasteiger partial charge in [0.1, 0.15) is 11.6 Å². The van der Waals surface area contributed by atoms with E-state index in [0.717, 1.165) is 43.1 Å². The van der Waals surface area contributed by atoms with E-state index < -0.39 is 5.60 Å². The minimum absolute atomic E-state index is 0.557. The highest BCUT2D eigenvalue weighted by atomic mass is 16.3. The molecule has 118 valence electrons. The summed E-state index contributed by atoms with van der Waals surface area (Å²) in [6, 6.07) is 9.82. The van der Waals surface area contributed by atoms with Crippen LogP contribution >= 0.6 is 0 Å². The molecule has 1 aromatic heterocycles. The van der Waals surface area contributed by atoms with E-state index in [1.165, 1.54) is 0 Å². The third kappa shape index (κ3) is 3.20. The maximum absolute atomic E-state index is 10.6. The number of nitrogens with one attached hydrogen (secondary N) is 1. The Bertz CT molecular complexity index is 621. The van der Waals surface area contributed by atoms with Crippen LogP contribution in [-0.4, -0.2) is 33.0 Å². The van der Waals surface area contributed by atoms with Gasteiger partial charge in [-0.25, -0.2) is 0 Å². The van der Waals surface area contributed by atoms with Crippen molar-refractivity contribution in [3.8, 4) is 0 Å². The standard InChI is InChI=1S/C17H24N4O/c1-13-19-20-16-9-8-14(11-21(13)16)10-18-12-17(2,22)15-6-4-3-5-7-15/h3-7,14,18,22H,8-12H2,1-2H3/t14-,17+/m0/s1. The average Bonchev–Trinajstić information content (AvgIpc) is 2.89. The molecule has 0 saturated heterocycles. The fourth-order valence-electron chi connectivity index (χ4n) is 3.12. The minimum atomic E-state index is -0.840. The van der Waals surface area contributed by atoms with Crippen LogP contribution in [0.1, 0.15) is 30.6 Å². The molecule has 0 spiro atoms. The summed E-state index contributed by atoms with van der Waals surface area (Å²) < 4.78 is 2.21. The molecule has 0 amide bonds. The second-order valence-corrected chi connectivity index (χ2v) is 6.45. The predicted molar refractivity (Wildman–Crippen MR) is 85.5 cm³/mol. The Morgan fingerprint density at radius 1 is 1.32 bits per heavy atom. The van der Waals surface area contributed by atoms with Crippen LogP contribution < -0.4 is 5.32 Å². The van der Waals surface area contributed by atoms with Gasteiger partial charge in [-0.2, -0.15) is 0 Å². The van der Waals surface area contributed by atoms with Crippen molar-refractivity contribution in [1.29, 1.82) is 0 Å². The second-order valence-electron chi connectivity index (χ2n) is 6.45. The first kappa shape index (κ1) is 15.2. The molecule has 2 N–H and O–H groups in total. The van der Waals surface area contributed by atoms with Crippen LogP contribution in [0.4, 0.5) is 0 Å². The third-order valence-electron chi connectivity index (χ3n) is 4.53. The quantitative estimate of drug-likeness (QED) is 0.881. The molecule has 5 heteroatoms. The van der Waals surface area contributed by atoms with Crippen molar-refractivity contribution in [2.24, 2.45) is 5.92 Å². The fraction of sp³-hybridized carbons (Fsp3) is 0.529. The molecule has 1 aromatic carbocycles. The number of hydrogen-bond donors (Lipinski definition) is 2. The Labute approximate surface area is 131 Å². The van der Waals surface area contributed by atoms with Crippen LogP contribution in [0.15, 0.2) is 30.3 Å². The Morgan fingerprint density at radius 2 is 2.09 bits per heavy atom. The molecule has 1 aliphatic rings. The van der Waals surface area contributed by atoms with Gasteiger partial charge in [-0.3, -0.25) is 0 Å². The van der Waals surface area contributed by atoms with Crippen LogP contribution in [0.25, 0.3) is 0 Å². The lowest BCUT2D eigenvalue weighted by atomic mass is 9.95. The maximum Gasteiger partial charge on any atom is 0.133 e. The number of aliphatic hydroxyl groups is 1. The van der Waals surface area contributed by atoms with Crippen LogP contribution in [-0.2, 0) is 18.6 Å². The third-order valence-corrected chi connectivity index (χ3v) is 4.53. The molecule has 0 radical (unpaired) electrons. The van der Waals surface area contributed by atoms with E-state index in [-0.39, 0.29) is 0 Å². The molecule has 0 saturated carbocycles.